The van der Waals surface area contributed by atoms with E-state index in [2.05, 4.69) is 9.97 Å². The van der Waals surface area contributed by atoms with Crippen molar-refractivity contribution in [2.24, 2.45) is 0 Å². The molecule has 1 N–H and O–H groups in total. The van der Waals surface area contributed by atoms with Gasteiger partial charge in [-0.05, 0) is 31.0 Å². The second-order valence-electron chi connectivity index (χ2n) is 5.58. The summed E-state index contributed by atoms with van der Waals surface area (Å²) in [7, 11) is 0. The van der Waals surface area contributed by atoms with E-state index in [1.165, 1.54) is 23.4 Å². The SMILES string of the molecule is Cc1cnc(C(=O)N2CC(O)CC2c2ccc(F)c(F)c2)cn1. The van der Waals surface area contributed by atoms with E-state index >= 15 is 0 Å². The lowest BCUT2D eigenvalue weighted by Crippen LogP contribution is -2.32. The molecule has 120 valence electrons. The fourth-order valence-electron chi connectivity index (χ4n) is 2.72. The molecule has 1 fully saturated rings. The number of hydrogen-bond acceptors (Lipinski definition) is 4. The average Bonchev–Trinajstić information content (AvgIpc) is 2.92. The number of benzene rings is 1. The van der Waals surface area contributed by atoms with Gasteiger partial charge in [-0.1, -0.05) is 6.07 Å². The lowest BCUT2D eigenvalue weighted by molar-refractivity contribution is 0.0709. The van der Waals surface area contributed by atoms with Crippen molar-refractivity contribution < 1.29 is 18.7 Å². The minimum absolute atomic E-state index is 0.109. The fraction of sp³-hybridized carbons (Fsp3) is 0.312. The predicted octanol–water partition coefficient (Wildman–Crippen LogP) is 2.01. The minimum Gasteiger partial charge on any atom is -0.391 e. The largest absolute Gasteiger partial charge is 0.391 e. The van der Waals surface area contributed by atoms with Crippen LogP contribution >= 0.6 is 0 Å². The second kappa shape index (κ2) is 6.00. The van der Waals surface area contributed by atoms with Crippen molar-refractivity contribution in [1.29, 1.82) is 0 Å². The van der Waals surface area contributed by atoms with Gasteiger partial charge in [0.1, 0.15) is 5.69 Å². The quantitative estimate of drug-likeness (QED) is 0.919. The number of β-amino-alcohol motifs (C(OH)–C–C–N with tert-alkyl or cyclic N) is 1. The van der Waals surface area contributed by atoms with Gasteiger partial charge in [0, 0.05) is 12.7 Å². The topological polar surface area (TPSA) is 66.3 Å². The summed E-state index contributed by atoms with van der Waals surface area (Å²) < 4.78 is 26.6. The van der Waals surface area contributed by atoms with Gasteiger partial charge in [0.2, 0.25) is 0 Å². The van der Waals surface area contributed by atoms with Crippen LogP contribution in [0.25, 0.3) is 0 Å². The fourth-order valence-corrected chi connectivity index (χ4v) is 2.72. The van der Waals surface area contributed by atoms with Crippen LogP contribution < -0.4 is 0 Å². The third kappa shape index (κ3) is 3.05. The number of aliphatic hydroxyl groups is 1. The molecule has 1 aromatic heterocycles. The first-order chi connectivity index (χ1) is 11.0. The van der Waals surface area contributed by atoms with Crippen LogP contribution in [0.5, 0.6) is 0 Å². The number of aryl methyl sites for hydroxylation is 1. The van der Waals surface area contributed by atoms with E-state index in [0.29, 0.717) is 11.3 Å². The van der Waals surface area contributed by atoms with Crippen LogP contribution in [0, 0.1) is 18.6 Å². The van der Waals surface area contributed by atoms with Crippen LogP contribution in [0.15, 0.2) is 30.6 Å². The molecule has 1 saturated heterocycles. The summed E-state index contributed by atoms with van der Waals surface area (Å²) in [5, 5.41) is 9.90. The third-order valence-corrected chi connectivity index (χ3v) is 3.87. The number of halogens is 2. The summed E-state index contributed by atoms with van der Waals surface area (Å²) in [6.45, 7) is 1.86. The lowest BCUT2D eigenvalue weighted by Gasteiger charge is -2.24. The molecule has 0 saturated carbocycles. The number of carbonyl (C=O) groups is 1. The average molecular weight is 319 g/mol. The van der Waals surface area contributed by atoms with Gasteiger partial charge in [0.25, 0.3) is 5.91 Å². The highest BCUT2D eigenvalue weighted by molar-refractivity contribution is 5.92. The number of hydrogen-bond donors (Lipinski definition) is 1. The van der Waals surface area contributed by atoms with Crippen molar-refractivity contribution in [3.8, 4) is 0 Å². The highest BCUT2D eigenvalue weighted by Crippen LogP contribution is 2.33. The molecule has 2 heterocycles. The predicted molar refractivity (Wildman–Crippen MR) is 77.5 cm³/mol. The molecule has 3 rings (SSSR count). The molecule has 7 heteroatoms. The van der Waals surface area contributed by atoms with Crippen LogP contribution in [-0.2, 0) is 0 Å². The van der Waals surface area contributed by atoms with E-state index in [-0.39, 0.29) is 18.7 Å². The normalized spacial score (nSPS) is 20.8. The molecule has 2 unspecified atom stereocenters. The highest BCUT2D eigenvalue weighted by Gasteiger charge is 2.36. The Kier molecular flexibility index (Phi) is 4.04. The first kappa shape index (κ1) is 15.5. The first-order valence-corrected chi connectivity index (χ1v) is 7.18. The standard InChI is InChI=1S/C16H15F2N3O2/c1-9-6-20-14(7-19-9)16(23)21-8-11(22)5-15(21)10-2-3-12(17)13(18)4-10/h2-4,6-7,11,15,22H,5,8H2,1H3. The molecule has 1 aliphatic heterocycles. The third-order valence-electron chi connectivity index (χ3n) is 3.87. The van der Waals surface area contributed by atoms with E-state index in [9.17, 15) is 18.7 Å². The molecule has 1 aromatic carbocycles. The smallest absolute Gasteiger partial charge is 0.274 e. The number of likely N-dealkylation sites (tertiary alicyclic amines) is 1. The van der Waals surface area contributed by atoms with E-state index in [0.717, 1.165) is 12.1 Å². The van der Waals surface area contributed by atoms with Gasteiger partial charge in [0.05, 0.1) is 24.0 Å². The molecule has 0 radical (unpaired) electrons. The van der Waals surface area contributed by atoms with Crippen molar-refractivity contribution in [3.63, 3.8) is 0 Å². The summed E-state index contributed by atoms with van der Waals surface area (Å²) in [6, 6.07) is 2.96. The Bertz CT molecular complexity index is 737. The molecule has 2 atom stereocenters. The minimum atomic E-state index is -0.980. The van der Waals surface area contributed by atoms with Crippen LogP contribution in [0.4, 0.5) is 8.78 Å². The van der Waals surface area contributed by atoms with Gasteiger partial charge < -0.3 is 10.0 Å². The molecule has 0 spiro atoms. The Labute approximate surface area is 131 Å². The maximum absolute atomic E-state index is 13.5. The summed E-state index contributed by atoms with van der Waals surface area (Å²) in [5.41, 5.74) is 1.27. The molecule has 2 aromatic rings. The zero-order chi connectivity index (χ0) is 16.6. The number of aromatic nitrogens is 2. The molecular weight excluding hydrogens is 304 g/mol. The van der Waals surface area contributed by atoms with E-state index in [1.54, 1.807) is 6.92 Å². The summed E-state index contributed by atoms with van der Waals surface area (Å²) in [4.78, 5) is 22.1. The van der Waals surface area contributed by atoms with Crippen molar-refractivity contribution in [1.82, 2.24) is 14.9 Å². The van der Waals surface area contributed by atoms with Gasteiger partial charge in [-0.15, -0.1) is 0 Å². The van der Waals surface area contributed by atoms with E-state index in [1.807, 2.05) is 0 Å². The second-order valence-corrected chi connectivity index (χ2v) is 5.58. The zero-order valence-electron chi connectivity index (χ0n) is 12.4. The van der Waals surface area contributed by atoms with Crippen molar-refractivity contribution in [2.75, 3.05) is 6.54 Å². The van der Waals surface area contributed by atoms with Crippen LogP contribution in [0.2, 0.25) is 0 Å². The summed E-state index contributed by atoms with van der Waals surface area (Å²) >= 11 is 0. The maximum Gasteiger partial charge on any atom is 0.274 e. The van der Waals surface area contributed by atoms with Gasteiger partial charge in [-0.25, -0.2) is 13.8 Å². The Morgan fingerprint density at radius 3 is 2.70 bits per heavy atom. The van der Waals surface area contributed by atoms with Crippen molar-refractivity contribution in [3.05, 3.63) is 59.2 Å². The Morgan fingerprint density at radius 1 is 1.26 bits per heavy atom. The molecule has 0 aliphatic carbocycles. The van der Waals surface area contributed by atoms with Gasteiger partial charge in [0.15, 0.2) is 11.6 Å². The van der Waals surface area contributed by atoms with E-state index in [4.69, 9.17) is 0 Å². The molecule has 1 aliphatic rings. The monoisotopic (exact) mass is 319 g/mol. The van der Waals surface area contributed by atoms with Crippen molar-refractivity contribution >= 4 is 5.91 Å². The Morgan fingerprint density at radius 2 is 2.04 bits per heavy atom. The van der Waals surface area contributed by atoms with Crippen LogP contribution in [0.3, 0.4) is 0 Å². The maximum atomic E-state index is 13.5. The van der Waals surface area contributed by atoms with Crippen molar-refractivity contribution in [2.45, 2.75) is 25.5 Å². The van der Waals surface area contributed by atoms with Gasteiger partial charge >= 0.3 is 0 Å². The zero-order valence-corrected chi connectivity index (χ0v) is 12.4. The number of carbonyl (C=O) groups excluding carboxylic acids is 1. The number of rotatable bonds is 2. The molecule has 1 amide bonds. The van der Waals surface area contributed by atoms with Crippen LogP contribution in [0.1, 0.15) is 34.2 Å². The molecule has 23 heavy (non-hydrogen) atoms. The molecule has 0 bridgehead atoms. The van der Waals surface area contributed by atoms with Gasteiger partial charge in [-0.2, -0.15) is 0 Å². The lowest BCUT2D eigenvalue weighted by atomic mass is 10.0. The molecular formula is C16H15F2N3O2. The first-order valence-electron chi connectivity index (χ1n) is 7.18. The molecule has 5 nitrogen and oxygen atoms in total. The summed E-state index contributed by atoms with van der Waals surface area (Å²) in [5.74, 6) is -2.33. The Balaban J connectivity index is 1.91. The number of amides is 1. The highest BCUT2D eigenvalue weighted by atomic mass is 19.2. The Hall–Kier alpha value is -2.41. The van der Waals surface area contributed by atoms with Gasteiger partial charge in [-0.3, -0.25) is 9.78 Å². The van der Waals surface area contributed by atoms with E-state index < -0.39 is 29.7 Å². The number of nitrogens with zero attached hydrogens (tertiary/aromatic N) is 3. The summed E-state index contributed by atoms with van der Waals surface area (Å²) in [6.07, 6.45) is 2.38. The number of aliphatic hydroxyl groups excluding tert-OH is 1. The van der Waals surface area contributed by atoms with Crippen LogP contribution in [-0.4, -0.2) is 38.5 Å².